The van der Waals surface area contributed by atoms with Crippen LogP contribution in [0.4, 0.5) is 5.69 Å². The number of aromatic carboxylic acids is 1. The summed E-state index contributed by atoms with van der Waals surface area (Å²) >= 11 is 1.19. The Hall–Kier alpha value is -3.13. The molecule has 0 saturated heterocycles. The van der Waals surface area contributed by atoms with Gasteiger partial charge < -0.3 is 19.7 Å². The second-order valence-corrected chi connectivity index (χ2v) is 7.64. The van der Waals surface area contributed by atoms with Crippen molar-refractivity contribution in [3.8, 4) is 0 Å². The summed E-state index contributed by atoms with van der Waals surface area (Å²) in [5.74, 6) is -1.15. The third-order valence-corrected chi connectivity index (χ3v) is 5.66. The average molecular weight is 397 g/mol. The Morgan fingerprint density at radius 2 is 2.18 bits per heavy atom. The highest BCUT2D eigenvalue weighted by atomic mass is 32.1. The quantitative estimate of drug-likeness (QED) is 0.663. The topological polar surface area (TPSA) is 95.7 Å². The molecule has 3 heterocycles. The van der Waals surface area contributed by atoms with Gasteiger partial charge in [-0.15, -0.1) is 11.3 Å². The van der Waals surface area contributed by atoms with Gasteiger partial charge in [0, 0.05) is 29.2 Å². The molecular weight excluding hydrogens is 378 g/mol. The number of furan rings is 1. The molecule has 0 bridgehead atoms. The molecule has 4 rings (SSSR count). The Bertz CT molecular complexity index is 1030. The van der Waals surface area contributed by atoms with E-state index >= 15 is 0 Å². The summed E-state index contributed by atoms with van der Waals surface area (Å²) in [7, 11) is 0. The highest BCUT2D eigenvalue weighted by molar-refractivity contribution is 7.09. The third-order valence-electron chi connectivity index (χ3n) is 4.81. The lowest BCUT2D eigenvalue weighted by Gasteiger charge is -2.24. The number of hydrogen-bond donors (Lipinski definition) is 2. The molecule has 1 aliphatic heterocycles. The number of anilines is 1. The van der Waals surface area contributed by atoms with Crippen LogP contribution in [0.15, 0.2) is 46.4 Å². The van der Waals surface area contributed by atoms with Gasteiger partial charge in [-0.2, -0.15) is 0 Å². The smallest absolute Gasteiger partial charge is 0.355 e. The fraction of sp³-hybridized carbons (Fsp3) is 0.250. The van der Waals surface area contributed by atoms with Crippen molar-refractivity contribution in [1.29, 1.82) is 0 Å². The molecular formula is C20H19N3O4S. The number of aromatic nitrogens is 1. The lowest BCUT2D eigenvalue weighted by molar-refractivity contribution is 0.0691. The van der Waals surface area contributed by atoms with E-state index in [-0.39, 0.29) is 23.9 Å². The number of carbonyl (C=O) groups is 2. The molecule has 1 aliphatic rings. The van der Waals surface area contributed by atoms with Crippen LogP contribution < -0.4 is 10.2 Å². The minimum absolute atomic E-state index is 0.0189. The Kier molecular flexibility index (Phi) is 4.87. The molecule has 0 saturated carbocycles. The van der Waals surface area contributed by atoms with Crippen molar-refractivity contribution in [1.82, 2.24) is 10.3 Å². The zero-order valence-corrected chi connectivity index (χ0v) is 16.0. The standard InChI is InChI=1S/C20H19N3O4S/c1-12-8-13-4-2-3-5-16(13)23(12)10-14-6-7-27-18(14)19(24)21-9-17-22-15(11-28-17)20(25)26/h2-7,11-12H,8-10H2,1H3,(H,21,24)(H,25,26)/t12-/m0/s1. The van der Waals surface area contributed by atoms with Gasteiger partial charge in [0.15, 0.2) is 11.5 Å². The van der Waals surface area contributed by atoms with Crippen LogP contribution in [-0.4, -0.2) is 28.0 Å². The van der Waals surface area contributed by atoms with Crippen molar-refractivity contribution < 1.29 is 19.1 Å². The molecule has 2 N–H and O–H groups in total. The number of carbonyl (C=O) groups excluding carboxylic acids is 1. The maximum Gasteiger partial charge on any atom is 0.355 e. The van der Waals surface area contributed by atoms with Gasteiger partial charge in [0.1, 0.15) is 5.01 Å². The van der Waals surface area contributed by atoms with Gasteiger partial charge in [0.2, 0.25) is 0 Å². The number of para-hydroxylation sites is 1. The van der Waals surface area contributed by atoms with E-state index in [9.17, 15) is 9.59 Å². The molecule has 2 aromatic heterocycles. The minimum Gasteiger partial charge on any atom is -0.476 e. The number of thiazole rings is 1. The number of nitrogens with zero attached hydrogens (tertiary/aromatic N) is 2. The Balaban J connectivity index is 1.45. The van der Waals surface area contributed by atoms with Crippen LogP contribution in [0.2, 0.25) is 0 Å². The number of rotatable bonds is 6. The van der Waals surface area contributed by atoms with Crippen LogP contribution in [0.1, 0.15) is 44.1 Å². The maximum absolute atomic E-state index is 12.6. The van der Waals surface area contributed by atoms with E-state index in [1.54, 1.807) is 0 Å². The van der Waals surface area contributed by atoms with Crippen molar-refractivity contribution >= 4 is 28.9 Å². The van der Waals surface area contributed by atoms with Crippen molar-refractivity contribution in [3.05, 3.63) is 69.6 Å². The molecule has 7 nitrogen and oxygen atoms in total. The molecule has 144 valence electrons. The molecule has 1 atom stereocenters. The van der Waals surface area contributed by atoms with E-state index in [4.69, 9.17) is 9.52 Å². The number of carboxylic acid groups (broad SMARTS) is 1. The van der Waals surface area contributed by atoms with Crippen LogP contribution in [-0.2, 0) is 19.5 Å². The predicted octanol–water partition coefficient (Wildman–Crippen LogP) is 3.32. The first-order chi connectivity index (χ1) is 13.5. The van der Waals surface area contributed by atoms with E-state index in [2.05, 4.69) is 34.3 Å². The third kappa shape index (κ3) is 3.50. The first-order valence-corrected chi connectivity index (χ1v) is 9.77. The molecule has 0 aliphatic carbocycles. The van der Waals surface area contributed by atoms with Gasteiger partial charge in [-0.25, -0.2) is 9.78 Å². The zero-order valence-electron chi connectivity index (χ0n) is 15.2. The number of carboxylic acids is 1. The first kappa shape index (κ1) is 18.2. The fourth-order valence-corrected chi connectivity index (χ4v) is 4.15. The Morgan fingerprint density at radius 1 is 1.36 bits per heavy atom. The summed E-state index contributed by atoms with van der Waals surface area (Å²) in [4.78, 5) is 29.7. The average Bonchev–Trinajstić information content (AvgIpc) is 3.40. The molecule has 0 spiro atoms. The van der Waals surface area contributed by atoms with Crippen LogP contribution in [0, 0.1) is 0 Å². The highest BCUT2D eigenvalue weighted by Crippen LogP contribution is 2.33. The van der Waals surface area contributed by atoms with Crippen molar-refractivity contribution in [2.24, 2.45) is 0 Å². The van der Waals surface area contributed by atoms with Crippen LogP contribution in [0.3, 0.4) is 0 Å². The van der Waals surface area contributed by atoms with Crippen molar-refractivity contribution in [2.45, 2.75) is 32.5 Å². The van der Waals surface area contributed by atoms with Crippen LogP contribution >= 0.6 is 11.3 Å². The monoisotopic (exact) mass is 397 g/mol. The summed E-state index contributed by atoms with van der Waals surface area (Å²) in [6.07, 6.45) is 2.49. The first-order valence-electron chi connectivity index (χ1n) is 8.89. The number of hydrogen-bond acceptors (Lipinski definition) is 6. The summed E-state index contributed by atoms with van der Waals surface area (Å²) < 4.78 is 5.44. The van der Waals surface area contributed by atoms with Crippen LogP contribution in [0.25, 0.3) is 0 Å². The van der Waals surface area contributed by atoms with E-state index in [1.807, 2.05) is 18.2 Å². The molecule has 0 unspecified atom stereocenters. The van der Waals surface area contributed by atoms with Gasteiger partial charge >= 0.3 is 5.97 Å². The second kappa shape index (κ2) is 7.47. The van der Waals surface area contributed by atoms with Crippen molar-refractivity contribution in [3.63, 3.8) is 0 Å². The Morgan fingerprint density at radius 3 is 2.96 bits per heavy atom. The molecule has 0 radical (unpaired) electrons. The zero-order chi connectivity index (χ0) is 19.7. The fourth-order valence-electron chi connectivity index (χ4n) is 3.44. The highest BCUT2D eigenvalue weighted by Gasteiger charge is 2.27. The van der Waals surface area contributed by atoms with Gasteiger partial charge in [-0.05, 0) is 31.0 Å². The van der Waals surface area contributed by atoms with Gasteiger partial charge in [-0.3, -0.25) is 4.79 Å². The summed E-state index contributed by atoms with van der Waals surface area (Å²) in [5.41, 5.74) is 3.29. The second-order valence-electron chi connectivity index (χ2n) is 6.70. The van der Waals surface area contributed by atoms with Crippen LogP contribution in [0.5, 0.6) is 0 Å². The largest absolute Gasteiger partial charge is 0.476 e. The van der Waals surface area contributed by atoms with E-state index in [0.717, 1.165) is 12.0 Å². The summed E-state index contributed by atoms with van der Waals surface area (Å²) in [5, 5.41) is 13.7. The molecule has 8 heteroatoms. The number of nitrogens with one attached hydrogen (secondary N) is 1. The predicted molar refractivity (Wildman–Crippen MR) is 105 cm³/mol. The van der Waals surface area contributed by atoms with Gasteiger partial charge in [-0.1, -0.05) is 18.2 Å². The number of amides is 1. The number of fused-ring (bicyclic) bond motifs is 1. The lowest BCUT2D eigenvalue weighted by atomic mass is 10.1. The molecule has 28 heavy (non-hydrogen) atoms. The molecule has 3 aromatic rings. The van der Waals surface area contributed by atoms with Gasteiger partial charge in [0.25, 0.3) is 5.91 Å². The number of benzene rings is 1. The normalized spacial score (nSPS) is 15.5. The molecule has 0 fully saturated rings. The van der Waals surface area contributed by atoms with E-state index in [1.165, 1.54) is 34.2 Å². The lowest BCUT2D eigenvalue weighted by Crippen LogP contribution is -2.30. The van der Waals surface area contributed by atoms with Crippen molar-refractivity contribution in [2.75, 3.05) is 4.90 Å². The van der Waals surface area contributed by atoms with E-state index in [0.29, 0.717) is 17.6 Å². The SMILES string of the molecule is C[C@H]1Cc2ccccc2N1Cc1ccoc1C(=O)NCc1nc(C(=O)O)cs1. The minimum atomic E-state index is -1.08. The summed E-state index contributed by atoms with van der Waals surface area (Å²) in [6, 6.07) is 10.4. The van der Waals surface area contributed by atoms with Gasteiger partial charge in [0.05, 0.1) is 12.8 Å². The summed E-state index contributed by atoms with van der Waals surface area (Å²) in [6.45, 7) is 2.90. The molecule has 1 amide bonds. The maximum atomic E-state index is 12.6. The molecule has 1 aromatic carbocycles. The van der Waals surface area contributed by atoms with E-state index < -0.39 is 5.97 Å². The Labute approximate surface area is 165 Å².